The zero-order chi connectivity index (χ0) is 19.9. The van der Waals surface area contributed by atoms with E-state index in [1.54, 1.807) is 4.90 Å². The molecule has 0 bridgehead atoms. The number of aliphatic imine (C=N–C) groups is 1. The van der Waals surface area contributed by atoms with Crippen LogP contribution in [0, 0.1) is 0 Å². The first-order chi connectivity index (χ1) is 12.8. The van der Waals surface area contributed by atoms with Gasteiger partial charge in [-0.1, -0.05) is 6.42 Å². The number of piperidine rings is 1. The number of rotatable bonds is 5. The van der Waals surface area contributed by atoms with Crippen LogP contribution in [0.4, 0.5) is 4.79 Å². The highest BCUT2D eigenvalue weighted by Crippen LogP contribution is 2.16. The number of unbranched alkanes of at least 4 members (excludes halogenated alkanes) is 1. The molecule has 1 amide bonds. The lowest BCUT2D eigenvalue weighted by atomic mass is 10.0. The van der Waals surface area contributed by atoms with E-state index in [1.165, 1.54) is 38.8 Å². The minimum absolute atomic E-state index is 0.246. The summed E-state index contributed by atoms with van der Waals surface area (Å²) in [6.07, 6.45) is 6.05. The molecule has 27 heavy (non-hydrogen) atoms. The van der Waals surface area contributed by atoms with E-state index in [-0.39, 0.29) is 6.09 Å². The van der Waals surface area contributed by atoms with Crippen molar-refractivity contribution >= 4 is 12.1 Å². The summed E-state index contributed by atoms with van der Waals surface area (Å²) in [7, 11) is 0. The van der Waals surface area contributed by atoms with Crippen molar-refractivity contribution in [3.05, 3.63) is 0 Å². The van der Waals surface area contributed by atoms with Crippen molar-refractivity contribution in [2.75, 3.05) is 45.8 Å². The van der Waals surface area contributed by atoms with Gasteiger partial charge in [-0.15, -0.1) is 0 Å². The Hall–Kier alpha value is -1.50. The molecule has 2 heterocycles. The first kappa shape index (κ1) is 21.8. The molecule has 2 rings (SSSR count). The summed E-state index contributed by atoms with van der Waals surface area (Å²) in [5.74, 6) is 0.602. The normalized spacial score (nSPS) is 22.8. The minimum atomic E-state index is -0.458. The zero-order valence-electron chi connectivity index (χ0n) is 17.7. The summed E-state index contributed by atoms with van der Waals surface area (Å²) in [5, 5.41) is 0. The Morgan fingerprint density at radius 3 is 2.37 bits per heavy atom. The summed E-state index contributed by atoms with van der Waals surface area (Å²) in [5.41, 5.74) is 5.69. The van der Waals surface area contributed by atoms with Crippen LogP contribution in [0.15, 0.2) is 4.99 Å². The zero-order valence-corrected chi connectivity index (χ0v) is 17.7. The number of hydrogen-bond acceptors (Lipinski definition) is 4. The van der Waals surface area contributed by atoms with Crippen molar-refractivity contribution < 1.29 is 9.53 Å². The molecule has 2 aliphatic rings. The number of ether oxygens (including phenoxy) is 1. The number of hydrogen-bond donors (Lipinski definition) is 1. The molecule has 1 atom stereocenters. The molecule has 0 aliphatic carbocycles. The molecular weight excluding hydrogens is 342 g/mol. The molecule has 1 unspecified atom stereocenters. The third-order valence-corrected chi connectivity index (χ3v) is 5.32. The van der Waals surface area contributed by atoms with Gasteiger partial charge >= 0.3 is 6.09 Å². The highest BCUT2D eigenvalue weighted by Gasteiger charge is 2.26. The van der Waals surface area contributed by atoms with Gasteiger partial charge in [0, 0.05) is 38.8 Å². The molecule has 2 N–H and O–H groups in total. The van der Waals surface area contributed by atoms with E-state index in [0.29, 0.717) is 32.1 Å². The number of carbonyl (C=O) groups is 1. The molecule has 0 radical (unpaired) electrons. The van der Waals surface area contributed by atoms with E-state index in [4.69, 9.17) is 10.5 Å². The topological polar surface area (TPSA) is 74.4 Å². The predicted molar refractivity (Wildman–Crippen MR) is 110 cm³/mol. The number of guanidine groups is 1. The van der Waals surface area contributed by atoms with Crippen LogP contribution in [0.3, 0.4) is 0 Å². The molecule has 7 nitrogen and oxygen atoms in total. The van der Waals surface area contributed by atoms with Crippen molar-refractivity contribution in [3.63, 3.8) is 0 Å². The van der Waals surface area contributed by atoms with E-state index < -0.39 is 5.60 Å². The summed E-state index contributed by atoms with van der Waals surface area (Å²) in [6.45, 7) is 13.9. The Morgan fingerprint density at radius 1 is 1.07 bits per heavy atom. The Kier molecular flexibility index (Phi) is 8.20. The number of carbonyl (C=O) groups excluding carboxylic acids is 1. The predicted octanol–water partition coefficient (Wildman–Crippen LogP) is 2.51. The van der Waals surface area contributed by atoms with Gasteiger partial charge in [-0.05, 0) is 66.5 Å². The number of likely N-dealkylation sites (tertiary alicyclic amines) is 1. The van der Waals surface area contributed by atoms with E-state index in [9.17, 15) is 4.79 Å². The first-order valence-electron chi connectivity index (χ1n) is 10.5. The Morgan fingerprint density at radius 2 is 1.74 bits per heavy atom. The van der Waals surface area contributed by atoms with Crippen molar-refractivity contribution in [2.24, 2.45) is 10.7 Å². The average molecular weight is 382 g/mol. The monoisotopic (exact) mass is 381 g/mol. The largest absolute Gasteiger partial charge is 0.444 e. The molecular formula is C20H39N5O2. The maximum absolute atomic E-state index is 12.1. The fraction of sp³-hybridized carbons (Fsp3) is 0.900. The van der Waals surface area contributed by atoms with Gasteiger partial charge in [-0.3, -0.25) is 4.99 Å². The Labute approximate surface area is 164 Å². The van der Waals surface area contributed by atoms with Crippen LogP contribution in [-0.2, 0) is 4.74 Å². The minimum Gasteiger partial charge on any atom is -0.444 e. The lowest BCUT2D eigenvalue weighted by molar-refractivity contribution is 0.0186. The first-order valence-corrected chi connectivity index (χ1v) is 10.5. The van der Waals surface area contributed by atoms with Gasteiger partial charge in [-0.25, -0.2) is 4.79 Å². The van der Waals surface area contributed by atoms with Crippen molar-refractivity contribution in [1.82, 2.24) is 14.7 Å². The highest BCUT2D eigenvalue weighted by molar-refractivity contribution is 5.78. The van der Waals surface area contributed by atoms with Gasteiger partial charge in [0.1, 0.15) is 5.60 Å². The maximum atomic E-state index is 12.1. The van der Waals surface area contributed by atoms with Gasteiger partial charge in [0.25, 0.3) is 0 Å². The fourth-order valence-electron chi connectivity index (χ4n) is 3.65. The molecule has 0 aromatic rings. The molecule has 2 saturated heterocycles. The van der Waals surface area contributed by atoms with Crippen molar-refractivity contribution in [2.45, 2.75) is 71.4 Å². The second kappa shape index (κ2) is 10.2. The van der Waals surface area contributed by atoms with Gasteiger partial charge in [0.05, 0.1) is 0 Å². The van der Waals surface area contributed by atoms with E-state index in [1.807, 2.05) is 20.8 Å². The van der Waals surface area contributed by atoms with E-state index in [0.717, 1.165) is 19.0 Å². The molecule has 2 aliphatic heterocycles. The molecule has 156 valence electrons. The van der Waals surface area contributed by atoms with Crippen molar-refractivity contribution in [3.8, 4) is 0 Å². The SMILES string of the molecule is CC1CCCCN1CCCCN=C(N)N1CCN(C(=O)OC(C)(C)C)CC1. The summed E-state index contributed by atoms with van der Waals surface area (Å²) >= 11 is 0. The van der Waals surface area contributed by atoms with Crippen LogP contribution in [0.2, 0.25) is 0 Å². The number of nitrogens with two attached hydrogens (primary N) is 1. The highest BCUT2D eigenvalue weighted by atomic mass is 16.6. The Balaban J connectivity index is 1.63. The third-order valence-electron chi connectivity index (χ3n) is 5.32. The smallest absolute Gasteiger partial charge is 0.410 e. The summed E-state index contributed by atoms with van der Waals surface area (Å²) in [4.78, 5) is 23.1. The second-order valence-electron chi connectivity index (χ2n) is 8.78. The van der Waals surface area contributed by atoms with E-state index in [2.05, 4.69) is 21.7 Å². The third kappa shape index (κ3) is 7.56. The second-order valence-corrected chi connectivity index (χ2v) is 8.78. The molecule has 0 saturated carbocycles. The number of nitrogens with zero attached hydrogens (tertiary/aromatic N) is 4. The average Bonchev–Trinajstić information content (AvgIpc) is 2.61. The van der Waals surface area contributed by atoms with Gasteiger partial charge in [0.15, 0.2) is 5.96 Å². The lowest BCUT2D eigenvalue weighted by Gasteiger charge is -2.36. The molecule has 0 aromatic carbocycles. The lowest BCUT2D eigenvalue weighted by Crippen LogP contribution is -2.53. The van der Waals surface area contributed by atoms with Gasteiger partial charge in [0.2, 0.25) is 0 Å². The standard InChI is InChI=1S/C20H39N5O2/c1-17-9-5-7-11-23(17)12-8-6-10-22-18(21)24-13-15-25(16-14-24)19(26)27-20(2,3)4/h17H,5-16H2,1-4H3,(H2,21,22). The van der Waals surface area contributed by atoms with Crippen LogP contribution in [0.25, 0.3) is 0 Å². The quantitative estimate of drug-likeness (QED) is 0.450. The van der Waals surface area contributed by atoms with Gasteiger partial charge < -0.3 is 25.2 Å². The number of amides is 1. The van der Waals surface area contributed by atoms with Crippen LogP contribution in [-0.4, -0.2) is 84.2 Å². The van der Waals surface area contributed by atoms with Crippen LogP contribution in [0.1, 0.15) is 59.8 Å². The van der Waals surface area contributed by atoms with Crippen molar-refractivity contribution in [1.29, 1.82) is 0 Å². The van der Waals surface area contributed by atoms with Crippen LogP contribution < -0.4 is 5.73 Å². The molecule has 2 fully saturated rings. The van der Waals surface area contributed by atoms with Crippen LogP contribution in [0.5, 0.6) is 0 Å². The summed E-state index contributed by atoms with van der Waals surface area (Å²) < 4.78 is 5.43. The molecule has 7 heteroatoms. The Bertz CT molecular complexity index is 495. The fourth-order valence-corrected chi connectivity index (χ4v) is 3.65. The molecule has 0 aromatic heterocycles. The maximum Gasteiger partial charge on any atom is 0.410 e. The molecule has 0 spiro atoms. The number of piperazine rings is 1. The van der Waals surface area contributed by atoms with Crippen LogP contribution >= 0.6 is 0 Å². The van der Waals surface area contributed by atoms with Gasteiger partial charge in [-0.2, -0.15) is 0 Å². The van der Waals surface area contributed by atoms with E-state index >= 15 is 0 Å². The summed E-state index contributed by atoms with van der Waals surface area (Å²) in [6, 6.07) is 0.730.